The monoisotopic (exact) mass is 453 g/mol. The number of nitrogens with zero attached hydrogens (tertiary/aromatic N) is 2. The molecule has 6 nitrogen and oxygen atoms in total. The molecular formula is C28H31N5O. The summed E-state index contributed by atoms with van der Waals surface area (Å²) >= 11 is 0. The van der Waals surface area contributed by atoms with E-state index in [4.69, 9.17) is 5.73 Å². The number of benzene rings is 2. The van der Waals surface area contributed by atoms with Gasteiger partial charge in [-0.3, -0.25) is 4.79 Å². The molecule has 5 rings (SSSR count). The average Bonchev–Trinajstić information content (AvgIpc) is 3.35. The molecule has 174 valence electrons. The SMILES string of the molecule is Cc1cc(C(=O)Nc2cccc(C(CCC3CC3)c3cc[nH]c3)c2)n(-c2cccc(CN)c2)n1. The van der Waals surface area contributed by atoms with Gasteiger partial charge in [0.15, 0.2) is 0 Å². The summed E-state index contributed by atoms with van der Waals surface area (Å²) in [6.07, 6.45) is 9.14. The van der Waals surface area contributed by atoms with Crippen molar-refractivity contribution >= 4 is 11.6 Å². The number of anilines is 1. The topological polar surface area (TPSA) is 88.7 Å². The Morgan fingerprint density at radius 3 is 2.76 bits per heavy atom. The van der Waals surface area contributed by atoms with Crippen LogP contribution in [0.25, 0.3) is 5.69 Å². The van der Waals surface area contributed by atoms with Crippen molar-refractivity contribution < 1.29 is 4.79 Å². The van der Waals surface area contributed by atoms with Gasteiger partial charge in [-0.2, -0.15) is 5.10 Å². The lowest BCUT2D eigenvalue weighted by Gasteiger charge is -2.18. The van der Waals surface area contributed by atoms with Crippen LogP contribution >= 0.6 is 0 Å². The second-order valence-corrected chi connectivity index (χ2v) is 9.25. The van der Waals surface area contributed by atoms with Crippen LogP contribution in [0.2, 0.25) is 0 Å². The van der Waals surface area contributed by atoms with Crippen molar-refractivity contribution in [3.63, 3.8) is 0 Å². The molecule has 1 aliphatic carbocycles. The fourth-order valence-corrected chi connectivity index (χ4v) is 4.59. The molecule has 0 saturated heterocycles. The third-order valence-corrected chi connectivity index (χ3v) is 6.59. The largest absolute Gasteiger partial charge is 0.367 e. The fourth-order valence-electron chi connectivity index (χ4n) is 4.59. The number of rotatable bonds is 9. The summed E-state index contributed by atoms with van der Waals surface area (Å²) in [6.45, 7) is 2.33. The van der Waals surface area contributed by atoms with Gasteiger partial charge in [0, 0.05) is 30.5 Å². The molecule has 1 fully saturated rings. The normalized spacial score (nSPS) is 14.2. The van der Waals surface area contributed by atoms with Crippen LogP contribution in [0.3, 0.4) is 0 Å². The molecule has 1 unspecified atom stereocenters. The molecule has 1 saturated carbocycles. The molecule has 2 aromatic heterocycles. The van der Waals surface area contributed by atoms with Gasteiger partial charge in [0.2, 0.25) is 0 Å². The van der Waals surface area contributed by atoms with Gasteiger partial charge in [0.25, 0.3) is 5.91 Å². The van der Waals surface area contributed by atoms with Crippen molar-refractivity contribution in [2.75, 3.05) is 5.32 Å². The second-order valence-electron chi connectivity index (χ2n) is 9.25. The number of hydrogen-bond donors (Lipinski definition) is 3. The van der Waals surface area contributed by atoms with Gasteiger partial charge in [-0.25, -0.2) is 4.68 Å². The number of carbonyl (C=O) groups excluding carboxylic acids is 1. The zero-order chi connectivity index (χ0) is 23.5. The van der Waals surface area contributed by atoms with Gasteiger partial charge in [0.05, 0.1) is 11.4 Å². The van der Waals surface area contributed by atoms with Crippen LogP contribution in [0.1, 0.15) is 64.5 Å². The summed E-state index contributed by atoms with van der Waals surface area (Å²) in [5.74, 6) is 1.01. The summed E-state index contributed by atoms with van der Waals surface area (Å²) in [7, 11) is 0. The second kappa shape index (κ2) is 9.69. The smallest absolute Gasteiger partial charge is 0.274 e. The summed E-state index contributed by atoms with van der Waals surface area (Å²) in [4.78, 5) is 16.5. The molecular weight excluding hydrogens is 422 g/mol. The van der Waals surface area contributed by atoms with E-state index < -0.39 is 0 Å². The molecule has 1 aliphatic rings. The maximum Gasteiger partial charge on any atom is 0.274 e. The first-order chi connectivity index (χ1) is 16.6. The van der Waals surface area contributed by atoms with E-state index >= 15 is 0 Å². The van der Waals surface area contributed by atoms with E-state index in [0.29, 0.717) is 18.2 Å². The minimum absolute atomic E-state index is 0.188. The summed E-state index contributed by atoms with van der Waals surface area (Å²) in [5, 5.41) is 7.65. The highest BCUT2D eigenvalue weighted by Crippen LogP contribution is 2.39. The molecule has 0 radical (unpaired) electrons. The number of amides is 1. The predicted octanol–water partition coefficient (Wildman–Crippen LogP) is 5.54. The van der Waals surface area contributed by atoms with Crippen molar-refractivity contribution in [2.45, 2.75) is 45.1 Å². The molecule has 1 atom stereocenters. The Balaban J connectivity index is 1.39. The van der Waals surface area contributed by atoms with Crippen LogP contribution in [0, 0.1) is 12.8 Å². The van der Waals surface area contributed by atoms with Crippen LogP contribution in [-0.4, -0.2) is 20.7 Å². The zero-order valence-electron chi connectivity index (χ0n) is 19.5. The number of aromatic amines is 1. The van der Waals surface area contributed by atoms with Crippen molar-refractivity contribution in [3.05, 3.63) is 101 Å². The first kappa shape index (κ1) is 22.2. The summed E-state index contributed by atoms with van der Waals surface area (Å²) in [5.41, 5.74) is 12.2. The summed E-state index contributed by atoms with van der Waals surface area (Å²) in [6, 6.07) is 20.0. The van der Waals surface area contributed by atoms with E-state index in [1.807, 2.05) is 55.6 Å². The maximum absolute atomic E-state index is 13.3. The molecule has 2 heterocycles. The van der Waals surface area contributed by atoms with Crippen molar-refractivity contribution in [1.82, 2.24) is 14.8 Å². The average molecular weight is 454 g/mol. The van der Waals surface area contributed by atoms with Gasteiger partial charge >= 0.3 is 0 Å². The highest BCUT2D eigenvalue weighted by atomic mass is 16.2. The van der Waals surface area contributed by atoms with Gasteiger partial charge in [0.1, 0.15) is 5.69 Å². The Kier molecular flexibility index (Phi) is 6.32. The van der Waals surface area contributed by atoms with Crippen LogP contribution in [-0.2, 0) is 6.54 Å². The van der Waals surface area contributed by atoms with E-state index in [1.54, 1.807) is 4.68 Å². The van der Waals surface area contributed by atoms with Crippen LogP contribution in [0.15, 0.2) is 73.1 Å². The van der Waals surface area contributed by atoms with E-state index in [9.17, 15) is 4.79 Å². The number of hydrogen-bond acceptors (Lipinski definition) is 3. The third kappa shape index (κ3) is 4.97. The van der Waals surface area contributed by atoms with E-state index in [2.05, 4.69) is 39.8 Å². The number of aryl methyl sites for hydroxylation is 1. The highest BCUT2D eigenvalue weighted by Gasteiger charge is 2.24. The lowest BCUT2D eigenvalue weighted by molar-refractivity contribution is 0.101. The minimum atomic E-state index is -0.188. The maximum atomic E-state index is 13.3. The van der Waals surface area contributed by atoms with Gasteiger partial charge < -0.3 is 16.0 Å². The molecule has 4 N–H and O–H groups in total. The molecule has 1 amide bonds. The lowest BCUT2D eigenvalue weighted by atomic mass is 9.88. The first-order valence-electron chi connectivity index (χ1n) is 12.0. The Labute approximate surface area is 200 Å². The third-order valence-electron chi connectivity index (χ3n) is 6.59. The van der Waals surface area contributed by atoms with E-state index in [-0.39, 0.29) is 5.91 Å². The zero-order valence-corrected chi connectivity index (χ0v) is 19.5. The first-order valence-corrected chi connectivity index (χ1v) is 12.0. The number of nitrogens with one attached hydrogen (secondary N) is 2. The molecule has 2 aromatic carbocycles. The quantitative estimate of drug-likeness (QED) is 0.311. The van der Waals surface area contributed by atoms with Crippen molar-refractivity contribution in [2.24, 2.45) is 11.7 Å². The van der Waals surface area contributed by atoms with E-state index in [1.165, 1.54) is 30.4 Å². The van der Waals surface area contributed by atoms with Crippen LogP contribution in [0.5, 0.6) is 0 Å². The van der Waals surface area contributed by atoms with Crippen LogP contribution < -0.4 is 11.1 Å². The lowest BCUT2D eigenvalue weighted by Crippen LogP contribution is -2.17. The predicted molar refractivity (Wildman–Crippen MR) is 135 cm³/mol. The Bertz CT molecular complexity index is 1270. The number of nitrogens with two attached hydrogens (primary N) is 1. The Morgan fingerprint density at radius 1 is 1.15 bits per heavy atom. The highest BCUT2D eigenvalue weighted by molar-refractivity contribution is 6.03. The van der Waals surface area contributed by atoms with Crippen LogP contribution in [0.4, 0.5) is 5.69 Å². The number of carbonyl (C=O) groups is 1. The molecule has 6 heteroatoms. The fraction of sp³-hybridized carbons (Fsp3) is 0.286. The Hall–Kier alpha value is -3.64. The molecule has 0 spiro atoms. The standard InChI is InChI=1S/C28H31N5O/c1-19-14-27(33(32-19)25-7-2-4-21(15-25)17-29)28(34)31-24-6-3-5-22(16-24)26(11-10-20-8-9-20)23-12-13-30-18-23/h2-7,12-16,18,20,26,30H,8-11,17,29H2,1H3,(H,31,34). The molecule has 4 aromatic rings. The molecule has 34 heavy (non-hydrogen) atoms. The Morgan fingerprint density at radius 2 is 2.00 bits per heavy atom. The van der Waals surface area contributed by atoms with Gasteiger partial charge in [-0.1, -0.05) is 37.1 Å². The van der Waals surface area contributed by atoms with E-state index in [0.717, 1.165) is 35.0 Å². The molecule has 0 bridgehead atoms. The summed E-state index contributed by atoms with van der Waals surface area (Å²) < 4.78 is 1.69. The van der Waals surface area contributed by atoms with Gasteiger partial charge in [-0.05, 0) is 78.8 Å². The molecule has 0 aliphatic heterocycles. The minimum Gasteiger partial charge on any atom is -0.367 e. The van der Waals surface area contributed by atoms with Crippen molar-refractivity contribution in [3.8, 4) is 5.69 Å². The number of aromatic nitrogens is 3. The van der Waals surface area contributed by atoms with Crippen molar-refractivity contribution in [1.29, 1.82) is 0 Å². The number of H-pyrrole nitrogens is 1. The van der Waals surface area contributed by atoms with Gasteiger partial charge in [-0.15, -0.1) is 0 Å².